The summed E-state index contributed by atoms with van der Waals surface area (Å²) in [5.41, 5.74) is 1.35. The van der Waals surface area contributed by atoms with E-state index in [0.29, 0.717) is 63.2 Å². The number of nitrogens with zero attached hydrogens (tertiary/aromatic N) is 4. The summed E-state index contributed by atoms with van der Waals surface area (Å²) in [5.74, 6) is -0.625. The average molecular weight is 602 g/mol. The van der Waals surface area contributed by atoms with Crippen molar-refractivity contribution in [1.82, 2.24) is 20.0 Å². The van der Waals surface area contributed by atoms with Crippen LogP contribution in [-0.4, -0.2) is 83.2 Å². The standard InChI is InChI=1S/C33H36FN5O5/c34-23-9-7-22(8-10-23)33(21-35)13-17-38(18-14-33)32(43)27-5-2-15-37(27)16-3-19-44-28-6-1-4-24-25(28)20-39(31(24)42)26-11-12-29(40)36-30(26)41/h1,4,6-10,26-27H,2-3,5,11-20H2,(H,36,40,41)/t26?,27-/m0/s1. The van der Waals surface area contributed by atoms with Crippen molar-refractivity contribution in [3.8, 4) is 11.8 Å². The average Bonchev–Trinajstić information content (AvgIpc) is 3.64. The molecule has 4 aliphatic rings. The number of benzene rings is 2. The van der Waals surface area contributed by atoms with Gasteiger partial charge in [-0.05, 0) is 74.9 Å². The van der Waals surface area contributed by atoms with Gasteiger partial charge in [-0.3, -0.25) is 29.4 Å². The van der Waals surface area contributed by atoms with Gasteiger partial charge in [0.15, 0.2) is 0 Å². The van der Waals surface area contributed by atoms with E-state index in [9.17, 15) is 28.8 Å². The van der Waals surface area contributed by atoms with E-state index in [1.54, 1.807) is 24.3 Å². The molecule has 4 heterocycles. The van der Waals surface area contributed by atoms with Crippen LogP contribution in [0.3, 0.4) is 0 Å². The highest BCUT2D eigenvalue weighted by molar-refractivity contribution is 6.05. The third-order valence-corrected chi connectivity index (χ3v) is 9.57. The smallest absolute Gasteiger partial charge is 0.255 e. The number of ether oxygens (including phenoxy) is 1. The number of imide groups is 1. The van der Waals surface area contributed by atoms with Crippen LogP contribution in [0.2, 0.25) is 0 Å². The fraction of sp³-hybridized carbons (Fsp3) is 0.485. The highest BCUT2D eigenvalue weighted by atomic mass is 19.1. The number of nitriles is 1. The fourth-order valence-electron chi connectivity index (χ4n) is 7.07. The van der Waals surface area contributed by atoms with E-state index >= 15 is 0 Å². The number of amides is 4. The van der Waals surface area contributed by atoms with Gasteiger partial charge in [0.1, 0.15) is 17.6 Å². The maximum absolute atomic E-state index is 13.5. The first-order valence-corrected chi connectivity index (χ1v) is 15.4. The molecule has 0 aromatic heterocycles. The Hall–Kier alpha value is -4.30. The number of carbonyl (C=O) groups excluding carboxylic acids is 4. The van der Waals surface area contributed by atoms with Crippen LogP contribution >= 0.6 is 0 Å². The van der Waals surface area contributed by atoms with E-state index < -0.39 is 17.4 Å². The lowest BCUT2D eigenvalue weighted by Crippen LogP contribution is -2.52. The largest absolute Gasteiger partial charge is 0.493 e. The van der Waals surface area contributed by atoms with Crippen molar-refractivity contribution in [2.24, 2.45) is 0 Å². The van der Waals surface area contributed by atoms with Gasteiger partial charge in [-0.15, -0.1) is 0 Å². The number of rotatable bonds is 8. The molecule has 0 saturated carbocycles. The van der Waals surface area contributed by atoms with Crippen molar-refractivity contribution in [2.45, 2.75) is 69.0 Å². The van der Waals surface area contributed by atoms with Crippen LogP contribution in [-0.2, 0) is 26.3 Å². The molecule has 6 rings (SSSR count). The minimum Gasteiger partial charge on any atom is -0.493 e. The van der Waals surface area contributed by atoms with E-state index in [1.165, 1.54) is 17.0 Å². The highest BCUT2D eigenvalue weighted by Crippen LogP contribution is 2.36. The van der Waals surface area contributed by atoms with Crippen LogP contribution in [0, 0.1) is 17.1 Å². The monoisotopic (exact) mass is 601 g/mol. The topological polar surface area (TPSA) is 123 Å². The molecule has 44 heavy (non-hydrogen) atoms. The third-order valence-electron chi connectivity index (χ3n) is 9.57. The van der Waals surface area contributed by atoms with E-state index in [1.807, 2.05) is 11.0 Å². The predicted molar refractivity (Wildman–Crippen MR) is 157 cm³/mol. The van der Waals surface area contributed by atoms with Crippen LogP contribution < -0.4 is 10.1 Å². The molecule has 4 aliphatic heterocycles. The summed E-state index contributed by atoms with van der Waals surface area (Å²) in [4.78, 5) is 56.2. The molecular weight excluding hydrogens is 565 g/mol. The van der Waals surface area contributed by atoms with Gasteiger partial charge in [0.2, 0.25) is 17.7 Å². The Balaban J connectivity index is 1.01. The molecule has 2 aromatic rings. The minimum absolute atomic E-state index is 0.0991. The number of fused-ring (bicyclic) bond motifs is 1. The number of halogens is 1. The summed E-state index contributed by atoms with van der Waals surface area (Å²) >= 11 is 0. The number of likely N-dealkylation sites (tertiary alicyclic amines) is 2. The van der Waals surface area contributed by atoms with Crippen molar-refractivity contribution in [2.75, 3.05) is 32.8 Å². The normalized spacial score (nSPS) is 23.3. The SMILES string of the molecule is N#CC1(c2ccc(F)cc2)CCN(C(=O)[C@@H]2CCCN2CCCOc2cccc3c2CN(C2CCC(=O)NC2=O)C3=O)CC1. The van der Waals surface area contributed by atoms with Gasteiger partial charge in [0, 0.05) is 37.2 Å². The molecule has 1 N–H and O–H groups in total. The van der Waals surface area contributed by atoms with Gasteiger partial charge < -0.3 is 14.5 Å². The van der Waals surface area contributed by atoms with Gasteiger partial charge in [0.25, 0.3) is 5.91 Å². The summed E-state index contributed by atoms with van der Waals surface area (Å²) in [6.45, 7) is 3.17. The lowest BCUT2D eigenvalue weighted by molar-refractivity contribution is -0.138. The van der Waals surface area contributed by atoms with E-state index in [4.69, 9.17) is 4.74 Å². The van der Waals surface area contributed by atoms with Crippen molar-refractivity contribution in [1.29, 1.82) is 5.26 Å². The molecule has 3 fully saturated rings. The number of piperidine rings is 2. The Morgan fingerprint density at radius 2 is 1.84 bits per heavy atom. The van der Waals surface area contributed by atoms with E-state index in [-0.39, 0.29) is 42.5 Å². The van der Waals surface area contributed by atoms with Gasteiger partial charge in [-0.1, -0.05) is 18.2 Å². The molecule has 230 valence electrons. The van der Waals surface area contributed by atoms with Crippen molar-refractivity contribution in [3.63, 3.8) is 0 Å². The first-order chi connectivity index (χ1) is 21.3. The molecule has 3 saturated heterocycles. The summed E-state index contributed by atoms with van der Waals surface area (Å²) in [7, 11) is 0. The quantitative estimate of drug-likeness (QED) is 0.365. The van der Waals surface area contributed by atoms with Gasteiger partial charge >= 0.3 is 0 Å². The Kier molecular flexibility index (Phi) is 8.36. The molecule has 4 amide bonds. The second-order valence-corrected chi connectivity index (χ2v) is 12.1. The molecule has 2 atom stereocenters. The fourth-order valence-corrected chi connectivity index (χ4v) is 7.07. The van der Waals surface area contributed by atoms with Crippen molar-refractivity contribution in [3.05, 3.63) is 65.0 Å². The summed E-state index contributed by atoms with van der Waals surface area (Å²) in [5, 5.41) is 12.3. The molecular formula is C33H36FN5O5. The lowest BCUT2D eigenvalue weighted by atomic mass is 9.74. The van der Waals surface area contributed by atoms with E-state index in [0.717, 1.165) is 30.5 Å². The first kappa shape index (κ1) is 29.8. The Morgan fingerprint density at radius 1 is 1.07 bits per heavy atom. The molecule has 10 nitrogen and oxygen atoms in total. The Labute approximate surface area is 255 Å². The van der Waals surface area contributed by atoms with Crippen molar-refractivity contribution < 1.29 is 28.3 Å². The number of hydrogen-bond acceptors (Lipinski definition) is 7. The summed E-state index contributed by atoms with van der Waals surface area (Å²) in [6.07, 6.45) is 3.98. The van der Waals surface area contributed by atoms with Crippen LogP contribution in [0.1, 0.15) is 66.4 Å². The summed E-state index contributed by atoms with van der Waals surface area (Å²) in [6, 6.07) is 13.0. The van der Waals surface area contributed by atoms with Crippen LogP contribution in [0.5, 0.6) is 5.75 Å². The zero-order valence-corrected chi connectivity index (χ0v) is 24.6. The van der Waals surface area contributed by atoms with Crippen molar-refractivity contribution >= 4 is 23.6 Å². The molecule has 0 aliphatic carbocycles. The number of nitrogens with one attached hydrogen (secondary N) is 1. The maximum atomic E-state index is 13.5. The van der Waals surface area contributed by atoms with Crippen LogP contribution in [0.15, 0.2) is 42.5 Å². The summed E-state index contributed by atoms with van der Waals surface area (Å²) < 4.78 is 19.6. The Morgan fingerprint density at radius 3 is 2.57 bits per heavy atom. The predicted octanol–water partition coefficient (Wildman–Crippen LogP) is 2.90. The van der Waals surface area contributed by atoms with Gasteiger partial charge in [-0.2, -0.15) is 5.26 Å². The minimum atomic E-state index is -0.710. The highest BCUT2D eigenvalue weighted by Gasteiger charge is 2.42. The first-order valence-electron chi connectivity index (χ1n) is 15.4. The van der Waals surface area contributed by atoms with Gasteiger partial charge in [-0.25, -0.2) is 4.39 Å². The Bertz CT molecular complexity index is 1500. The molecule has 2 aromatic carbocycles. The lowest BCUT2D eigenvalue weighted by Gasteiger charge is -2.39. The van der Waals surface area contributed by atoms with Crippen LogP contribution in [0.4, 0.5) is 4.39 Å². The second kappa shape index (κ2) is 12.4. The number of hydrogen-bond donors (Lipinski definition) is 1. The zero-order valence-electron chi connectivity index (χ0n) is 24.6. The maximum Gasteiger partial charge on any atom is 0.255 e. The molecule has 1 unspecified atom stereocenters. The number of carbonyl (C=O) groups is 4. The van der Waals surface area contributed by atoms with Gasteiger partial charge in [0.05, 0.1) is 30.7 Å². The second-order valence-electron chi connectivity index (χ2n) is 12.1. The molecule has 0 bridgehead atoms. The molecule has 0 spiro atoms. The molecule has 0 radical (unpaired) electrons. The van der Waals surface area contributed by atoms with E-state index in [2.05, 4.69) is 16.3 Å². The van der Waals surface area contributed by atoms with Crippen LogP contribution in [0.25, 0.3) is 0 Å². The third kappa shape index (κ3) is 5.66. The molecule has 11 heteroatoms. The zero-order chi connectivity index (χ0) is 30.8.